The summed E-state index contributed by atoms with van der Waals surface area (Å²) in [5.41, 5.74) is 9.17. The van der Waals surface area contributed by atoms with Crippen molar-refractivity contribution in [3.8, 4) is 11.1 Å². The molecule has 180 valence electrons. The number of nitrogens with zero attached hydrogens (tertiary/aromatic N) is 4. The van der Waals surface area contributed by atoms with Gasteiger partial charge < -0.3 is 15.2 Å². The van der Waals surface area contributed by atoms with Crippen LogP contribution < -0.4 is 11.1 Å². The molecule has 0 spiro atoms. The van der Waals surface area contributed by atoms with Gasteiger partial charge in [0.1, 0.15) is 5.82 Å². The molecular formula is C26H33FN6O. The molecule has 1 saturated heterocycles. The van der Waals surface area contributed by atoms with Crippen LogP contribution in [0.2, 0.25) is 0 Å². The van der Waals surface area contributed by atoms with E-state index in [1.54, 1.807) is 6.07 Å². The van der Waals surface area contributed by atoms with Crippen LogP contribution in [0.4, 0.5) is 10.3 Å². The van der Waals surface area contributed by atoms with E-state index < -0.39 is 0 Å². The summed E-state index contributed by atoms with van der Waals surface area (Å²) in [5, 5.41) is 7.10. The third-order valence-corrected chi connectivity index (χ3v) is 6.27. The maximum absolute atomic E-state index is 14.7. The lowest BCUT2D eigenvalue weighted by atomic mass is 9.94. The number of nitrogens with two attached hydrogens (primary N) is 1. The number of aromatic nitrogens is 1. The summed E-state index contributed by atoms with van der Waals surface area (Å²) in [5.74, 6) is 0.614. The fourth-order valence-electron chi connectivity index (χ4n) is 4.14. The topological polar surface area (TPSA) is 82.9 Å². The summed E-state index contributed by atoms with van der Waals surface area (Å²) >= 11 is 0. The predicted molar refractivity (Wildman–Crippen MR) is 135 cm³/mol. The lowest BCUT2D eigenvalue weighted by Gasteiger charge is -2.31. The standard InChI is InChI=1S/C26H33FN6O/c1-19(21-8-9-23(24(27)17-21)20-6-4-3-5-7-20)16-22-18-25(34-31-22)30-26(28)29-10-11-33-14-12-32(2)13-15-33/h3-9,17-19H,10-16H2,1-2H3,(H3,28,29,30). The molecule has 1 unspecified atom stereocenters. The highest BCUT2D eigenvalue weighted by Gasteiger charge is 2.15. The number of anilines is 1. The van der Waals surface area contributed by atoms with Crippen LogP contribution in [0.1, 0.15) is 24.1 Å². The number of piperazine rings is 1. The van der Waals surface area contributed by atoms with Crippen molar-refractivity contribution in [1.82, 2.24) is 15.0 Å². The number of hydrogen-bond donors (Lipinski definition) is 2. The van der Waals surface area contributed by atoms with Crippen molar-refractivity contribution in [2.45, 2.75) is 19.3 Å². The van der Waals surface area contributed by atoms with E-state index in [1.165, 1.54) is 0 Å². The number of aliphatic imine (C=N–C) groups is 1. The highest BCUT2D eigenvalue weighted by Crippen LogP contribution is 2.28. The lowest BCUT2D eigenvalue weighted by molar-refractivity contribution is 0.157. The summed E-state index contributed by atoms with van der Waals surface area (Å²) < 4.78 is 20.1. The van der Waals surface area contributed by atoms with Crippen molar-refractivity contribution in [3.05, 3.63) is 71.7 Å². The number of hydrogen-bond acceptors (Lipinski definition) is 5. The molecule has 0 amide bonds. The first-order valence-corrected chi connectivity index (χ1v) is 11.8. The van der Waals surface area contributed by atoms with Gasteiger partial charge in [-0.1, -0.05) is 54.5 Å². The number of halogens is 1. The summed E-state index contributed by atoms with van der Waals surface area (Å²) in [6, 6.07) is 16.8. The van der Waals surface area contributed by atoms with E-state index in [2.05, 4.69) is 32.3 Å². The van der Waals surface area contributed by atoms with Crippen molar-refractivity contribution in [1.29, 1.82) is 0 Å². The summed E-state index contributed by atoms with van der Waals surface area (Å²) in [4.78, 5) is 9.11. The third-order valence-electron chi connectivity index (χ3n) is 6.27. The minimum absolute atomic E-state index is 0.0758. The van der Waals surface area contributed by atoms with Gasteiger partial charge in [-0.3, -0.25) is 15.2 Å². The Morgan fingerprint density at radius 1 is 1.15 bits per heavy atom. The van der Waals surface area contributed by atoms with Crippen molar-refractivity contribution >= 4 is 11.8 Å². The molecule has 4 rings (SSSR count). The van der Waals surface area contributed by atoms with Crippen LogP contribution in [0.15, 0.2) is 64.1 Å². The molecule has 1 aromatic heterocycles. The van der Waals surface area contributed by atoms with Gasteiger partial charge in [-0.2, -0.15) is 0 Å². The molecule has 3 N–H and O–H groups in total. The Morgan fingerprint density at radius 2 is 1.91 bits per heavy atom. The number of likely N-dealkylation sites (N-methyl/N-ethyl adjacent to an activating group) is 1. The van der Waals surface area contributed by atoms with Gasteiger partial charge in [0.15, 0.2) is 5.96 Å². The Kier molecular flexibility index (Phi) is 7.92. The molecular weight excluding hydrogens is 431 g/mol. The number of rotatable bonds is 8. The lowest BCUT2D eigenvalue weighted by Crippen LogP contribution is -2.45. The third kappa shape index (κ3) is 6.42. The zero-order valence-corrected chi connectivity index (χ0v) is 19.9. The Hall–Kier alpha value is -3.23. The fraction of sp³-hybridized carbons (Fsp3) is 0.385. The Bertz CT molecular complexity index is 1090. The SMILES string of the molecule is CC(Cc1cc(NC(N)=NCCN2CCN(C)CC2)on1)c1ccc(-c2ccccc2)c(F)c1. The molecule has 8 heteroatoms. The summed E-state index contributed by atoms with van der Waals surface area (Å²) in [7, 11) is 2.14. The van der Waals surface area contributed by atoms with Crippen LogP contribution in [0.5, 0.6) is 0 Å². The molecule has 1 fully saturated rings. The maximum atomic E-state index is 14.7. The first kappa shape index (κ1) is 23.9. The van der Waals surface area contributed by atoms with E-state index >= 15 is 0 Å². The van der Waals surface area contributed by atoms with E-state index in [-0.39, 0.29) is 11.7 Å². The second-order valence-corrected chi connectivity index (χ2v) is 8.93. The molecule has 0 saturated carbocycles. The van der Waals surface area contributed by atoms with Crippen molar-refractivity contribution in [2.75, 3.05) is 51.6 Å². The fourth-order valence-corrected chi connectivity index (χ4v) is 4.14. The summed E-state index contributed by atoms with van der Waals surface area (Å²) in [6.45, 7) is 7.85. The molecule has 1 atom stereocenters. The Labute approximate surface area is 200 Å². The summed E-state index contributed by atoms with van der Waals surface area (Å²) in [6.07, 6.45) is 0.621. The van der Waals surface area contributed by atoms with Crippen molar-refractivity contribution in [3.63, 3.8) is 0 Å². The second kappa shape index (κ2) is 11.3. The smallest absolute Gasteiger partial charge is 0.231 e. The van der Waals surface area contributed by atoms with E-state index in [0.29, 0.717) is 30.4 Å². The van der Waals surface area contributed by atoms with Gasteiger partial charge in [-0.05, 0) is 36.6 Å². The van der Waals surface area contributed by atoms with Gasteiger partial charge in [0.2, 0.25) is 5.88 Å². The Balaban J connectivity index is 1.29. The average molecular weight is 465 g/mol. The van der Waals surface area contributed by atoms with Crippen LogP contribution in [-0.2, 0) is 6.42 Å². The first-order chi connectivity index (χ1) is 16.5. The van der Waals surface area contributed by atoms with Crippen LogP contribution in [0.25, 0.3) is 11.1 Å². The molecule has 34 heavy (non-hydrogen) atoms. The highest BCUT2D eigenvalue weighted by molar-refractivity contribution is 5.90. The van der Waals surface area contributed by atoms with Crippen LogP contribution >= 0.6 is 0 Å². The van der Waals surface area contributed by atoms with E-state index in [9.17, 15) is 4.39 Å². The normalized spacial score (nSPS) is 16.5. The second-order valence-electron chi connectivity index (χ2n) is 8.93. The largest absolute Gasteiger partial charge is 0.370 e. The first-order valence-electron chi connectivity index (χ1n) is 11.8. The molecule has 1 aliphatic heterocycles. The molecule has 7 nitrogen and oxygen atoms in total. The zero-order valence-electron chi connectivity index (χ0n) is 19.9. The van der Waals surface area contributed by atoms with E-state index in [1.807, 2.05) is 55.5 Å². The molecule has 3 aromatic rings. The van der Waals surface area contributed by atoms with Gasteiger partial charge in [0.05, 0.1) is 12.2 Å². The quantitative estimate of drug-likeness (QED) is 0.390. The zero-order chi connectivity index (χ0) is 23.9. The molecule has 2 heterocycles. The predicted octanol–water partition coefficient (Wildman–Crippen LogP) is 3.80. The number of nitrogens with one attached hydrogen (secondary N) is 1. The van der Waals surface area contributed by atoms with Gasteiger partial charge in [0.25, 0.3) is 0 Å². The van der Waals surface area contributed by atoms with E-state index in [4.69, 9.17) is 10.3 Å². The molecule has 2 aromatic carbocycles. The Morgan fingerprint density at radius 3 is 2.65 bits per heavy atom. The molecule has 0 bridgehead atoms. The van der Waals surface area contributed by atoms with Gasteiger partial charge in [-0.25, -0.2) is 4.39 Å². The maximum Gasteiger partial charge on any atom is 0.231 e. The van der Waals surface area contributed by atoms with Crippen LogP contribution in [0.3, 0.4) is 0 Å². The highest BCUT2D eigenvalue weighted by atomic mass is 19.1. The number of benzene rings is 2. The van der Waals surface area contributed by atoms with E-state index in [0.717, 1.165) is 49.5 Å². The van der Waals surface area contributed by atoms with Crippen molar-refractivity contribution in [2.24, 2.45) is 10.7 Å². The van der Waals surface area contributed by atoms with Crippen LogP contribution in [-0.4, -0.2) is 67.2 Å². The molecule has 1 aliphatic rings. The minimum Gasteiger partial charge on any atom is -0.370 e. The molecule has 0 aliphatic carbocycles. The van der Waals surface area contributed by atoms with Gasteiger partial charge in [-0.15, -0.1) is 0 Å². The molecule has 0 radical (unpaired) electrons. The monoisotopic (exact) mass is 464 g/mol. The average Bonchev–Trinajstić information content (AvgIpc) is 3.27. The minimum atomic E-state index is -0.224. The van der Waals surface area contributed by atoms with Gasteiger partial charge in [0, 0.05) is 44.4 Å². The van der Waals surface area contributed by atoms with Crippen LogP contribution in [0, 0.1) is 5.82 Å². The van der Waals surface area contributed by atoms with Crippen molar-refractivity contribution < 1.29 is 8.91 Å². The number of guanidine groups is 1. The van der Waals surface area contributed by atoms with Gasteiger partial charge >= 0.3 is 0 Å².